The molecule has 102 valence electrons. The van der Waals surface area contributed by atoms with Gasteiger partial charge in [-0.2, -0.15) is 0 Å². The number of hydrogen-bond donors (Lipinski definition) is 1. The molecule has 1 spiro atoms. The van der Waals surface area contributed by atoms with Crippen molar-refractivity contribution in [3.05, 3.63) is 11.6 Å². The van der Waals surface area contributed by atoms with Crippen LogP contribution < -0.4 is 5.32 Å². The highest BCUT2D eigenvalue weighted by atomic mass is 16.1. The minimum Gasteiger partial charge on any atom is -0.353 e. The molecule has 2 heteroatoms. The number of carbonyl (C=O) groups excluding carboxylic acids is 1. The molecule has 1 fully saturated rings. The first-order chi connectivity index (χ1) is 8.41. The third-order valence-corrected chi connectivity index (χ3v) is 5.33. The lowest BCUT2D eigenvalue weighted by Crippen LogP contribution is -2.41. The maximum atomic E-state index is 10.8. The maximum absolute atomic E-state index is 10.8. The number of carbonyl (C=O) groups is 1. The third-order valence-electron chi connectivity index (χ3n) is 5.33. The predicted octanol–water partition coefficient (Wildman–Crippen LogP) is 3.67. The highest BCUT2D eigenvalue weighted by Gasteiger charge is 2.48. The molecule has 0 aromatic rings. The van der Waals surface area contributed by atoms with E-state index in [2.05, 4.69) is 39.1 Å². The summed E-state index contributed by atoms with van der Waals surface area (Å²) in [6, 6.07) is 0. The lowest BCUT2D eigenvalue weighted by Gasteiger charge is -2.40. The molecule has 1 saturated carbocycles. The van der Waals surface area contributed by atoms with Gasteiger partial charge in [-0.05, 0) is 56.3 Å². The smallest absolute Gasteiger partial charge is 0.207 e. The molecule has 18 heavy (non-hydrogen) atoms. The van der Waals surface area contributed by atoms with Gasteiger partial charge in [-0.15, -0.1) is 0 Å². The maximum Gasteiger partial charge on any atom is 0.207 e. The molecule has 0 aromatic carbocycles. The third kappa shape index (κ3) is 2.34. The van der Waals surface area contributed by atoms with Crippen molar-refractivity contribution >= 4 is 6.41 Å². The molecule has 2 aliphatic rings. The van der Waals surface area contributed by atoms with E-state index in [1.807, 2.05) is 0 Å². The topological polar surface area (TPSA) is 29.1 Å². The number of allylic oxidation sites excluding steroid dienone is 2. The molecule has 2 rings (SSSR count). The summed E-state index contributed by atoms with van der Waals surface area (Å²) >= 11 is 0. The molecule has 0 radical (unpaired) electrons. The van der Waals surface area contributed by atoms with Crippen molar-refractivity contribution in [3.8, 4) is 0 Å². The standard InChI is InChI=1S/C16H27NO/c1-12(2)14-6-5-13(3)16(9-14)8-7-15(4,10-16)17-11-18/h9,11-13H,5-8,10H2,1-4H3,(H,17,18)/t13-,15-,16-/m0/s1. The Hall–Kier alpha value is -0.790. The van der Waals surface area contributed by atoms with Crippen molar-refractivity contribution in [3.63, 3.8) is 0 Å². The van der Waals surface area contributed by atoms with Crippen molar-refractivity contribution in [1.82, 2.24) is 5.32 Å². The van der Waals surface area contributed by atoms with Crippen molar-refractivity contribution in [2.75, 3.05) is 0 Å². The van der Waals surface area contributed by atoms with Crippen molar-refractivity contribution in [2.45, 2.75) is 65.3 Å². The number of hydrogen-bond acceptors (Lipinski definition) is 1. The molecule has 0 saturated heterocycles. The highest BCUT2D eigenvalue weighted by molar-refractivity contribution is 5.48. The van der Waals surface area contributed by atoms with Crippen LogP contribution in [0, 0.1) is 17.3 Å². The van der Waals surface area contributed by atoms with E-state index in [0.29, 0.717) is 11.3 Å². The predicted molar refractivity (Wildman–Crippen MR) is 75.2 cm³/mol. The number of rotatable bonds is 3. The van der Waals surface area contributed by atoms with Gasteiger partial charge in [0.2, 0.25) is 6.41 Å². The van der Waals surface area contributed by atoms with Gasteiger partial charge < -0.3 is 5.32 Å². The minimum atomic E-state index is 0.00589. The Bertz CT molecular complexity index is 360. The number of amides is 1. The summed E-state index contributed by atoms with van der Waals surface area (Å²) in [5, 5.41) is 3.05. The summed E-state index contributed by atoms with van der Waals surface area (Å²) in [6.45, 7) is 9.18. The molecule has 0 unspecified atom stereocenters. The van der Waals surface area contributed by atoms with Gasteiger partial charge in [-0.3, -0.25) is 4.79 Å². The van der Waals surface area contributed by atoms with Crippen molar-refractivity contribution in [1.29, 1.82) is 0 Å². The first-order valence-corrected chi connectivity index (χ1v) is 7.34. The summed E-state index contributed by atoms with van der Waals surface area (Å²) in [4.78, 5) is 10.8. The molecule has 0 heterocycles. The van der Waals surface area contributed by atoms with Crippen LogP contribution in [0.4, 0.5) is 0 Å². The largest absolute Gasteiger partial charge is 0.353 e. The first-order valence-electron chi connectivity index (χ1n) is 7.34. The van der Waals surface area contributed by atoms with E-state index in [1.165, 1.54) is 19.3 Å². The van der Waals surface area contributed by atoms with Crippen LogP contribution in [0.25, 0.3) is 0 Å². The zero-order chi connectivity index (χ0) is 13.4. The van der Waals surface area contributed by atoms with Gasteiger partial charge in [0.05, 0.1) is 0 Å². The Morgan fingerprint density at radius 2 is 2.17 bits per heavy atom. The van der Waals surface area contributed by atoms with E-state index in [-0.39, 0.29) is 5.54 Å². The Kier molecular flexibility index (Phi) is 3.57. The molecule has 2 aliphatic carbocycles. The minimum absolute atomic E-state index is 0.00589. The molecular weight excluding hydrogens is 222 g/mol. The molecule has 1 amide bonds. The van der Waals surface area contributed by atoms with E-state index in [9.17, 15) is 4.79 Å². The average Bonchev–Trinajstić information content (AvgIpc) is 2.62. The summed E-state index contributed by atoms with van der Waals surface area (Å²) < 4.78 is 0. The lowest BCUT2D eigenvalue weighted by atomic mass is 9.66. The van der Waals surface area contributed by atoms with Crippen LogP contribution in [0.1, 0.15) is 59.8 Å². The van der Waals surface area contributed by atoms with Gasteiger partial charge >= 0.3 is 0 Å². The van der Waals surface area contributed by atoms with E-state index in [4.69, 9.17) is 0 Å². The highest BCUT2D eigenvalue weighted by Crippen LogP contribution is 2.54. The van der Waals surface area contributed by atoms with Crippen LogP contribution in [0.5, 0.6) is 0 Å². The van der Waals surface area contributed by atoms with Gasteiger partial charge in [-0.25, -0.2) is 0 Å². The molecule has 0 aromatic heterocycles. The summed E-state index contributed by atoms with van der Waals surface area (Å²) in [5.41, 5.74) is 1.97. The Balaban J connectivity index is 2.25. The van der Waals surface area contributed by atoms with E-state index in [0.717, 1.165) is 25.2 Å². The second-order valence-corrected chi connectivity index (χ2v) is 7.05. The van der Waals surface area contributed by atoms with E-state index >= 15 is 0 Å². The van der Waals surface area contributed by atoms with Crippen LogP contribution in [-0.4, -0.2) is 11.9 Å². The fourth-order valence-electron chi connectivity index (χ4n) is 3.93. The second-order valence-electron chi connectivity index (χ2n) is 7.05. The van der Waals surface area contributed by atoms with Crippen molar-refractivity contribution in [2.24, 2.45) is 17.3 Å². The lowest BCUT2D eigenvalue weighted by molar-refractivity contribution is -0.111. The van der Waals surface area contributed by atoms with Gasteiger partial charge in [0.15, 0.2) is 0 Å². The summed E-state index contributed by atoms with van der Waals surface area (Å²) in [6.07, 6.45) is 9.46. The normalized spacial score (nSPS) is 40.1. The van der Waals surface area contributed by atoms with E-state index < -0.39 is 0 Å². The van der Waals surface area contributed by atoms with Crippen LogP contribution in [0.3, 0.4) is 0 Å². The SMILES string of the molecule is CC(C)C1=C[C@]2(CC[C@](C)(NC=O)C2)[C@@H](C)CC1. The monoisotopic (exact) mass is 249 g/mol. The van der Waals surface area contributed by atoms with E-state index in [1.54, 1.807) is 5.57 Å². The zero-order valence-electron chi connectivity index (χ0n) is 12.3. The quantitative estimate of drug-likeness (QED) is 0.600. The Morgan fingerprint density at radius 1 is 1.44 bits per heavy atom. The Labute approximate surface area is 111 Å². The van der Waals surface area contributed by atoms with Gasteiger partial charge in [0, 0.05) is 5.54 Å². The first kappa shape index (κ1) is 13.6. The summed E-state index contributed by atoms with van der Waals surface area (Å²) in [5.74, 6) is 1.41. The molecule has 1 N–H and O–H groups in total. The molecule has 0 bridgehead atoms. The van der Waals surface area contributed by atoms with Gasteiger partial charge in [0.25, 0.3) is 0 Å². The van der Waals surface area contributed by atoms with Crippen LogP contribution in [0.15, 0.2) is 11.6 Å². The molecule has 0 aliphatic heterocycles. The fraction of sp³-hybridized carbons (Fsp3) is 0.812. The summed E-state index contributed by atoms with van der Waals surface area (Å²) in [7, 11) is 0. The zero-order valence-corrected chi connectivity index (χ0v) is 12.3. The average molecular weight is 249 g/mol. The van der Waals surface area contributed by atoms with Crippen molar-refractivity contribution < 1.29 is 4.79 Å². The molecular formula is C16H27NO. The second kappa shape index (κ2) is 4.71. The van der Waals surface area contributed by atoms with Gasteiger partial charge in [0.1, 0.15) is 0 Å². The van der Waals surface area contributed by atoms with Gasteiger partial charge in [-0.1, -0.05) is 32.4 Å². The van der Waals surface area contributed by atoms with Crippen LogP contribution in [0.2, 0.25) is 0 Å². The molecule has 3 atom stereocenters. The molecule has 2 nitrogen and oxygen atoms in total. The number of nitrogens with one attached hydrogen (secondary N) is 1. The van der Waals surface area contributed by atoms with Crippen LogP contribution in [-0.2, 0) is 4.79 Å². The Morgan fingerprint density at radius 3 is 2.78 bits per heavy atom. The van der Waals surface area contributed by atoms with Crippen LogP contribution >= 0.6 is 0 Å². The fourth-order valence-corrected chi connectivity index (χ4v) is 3.93.